The first-order valence-corrected chi connectivity index (χ1v) is 5.41. The van der Waals surface area contributed by atoms with Gasteiger partial charge in [0.2, 0.25) is 0 Å². The van der Waals surface area contributed by atoms with Crippen molar-refractivity contribution in [3.63, 3.8) is 0 Å². The molecule has 0 spiro atoms. The van der Waals surface area contributed by atoms with Gasteiger partial charge in [-0.15, -0.1) is 5.92 Å². The van der Waals surface area contributed by atoms with Gasteiger partial charge in [-0.3, -0.25) is 0 Å². The van der Waals surface area contributed by atoms with Crippen LogP contribution >= 0.6 is 0 Å². The Labute approximate surface area is 92.9 Å². The Bertz CT molecular complexity index is 357. The van der Waals surface area contributed by atoms with Crippen molar-refractivity contribution >= 4 is 0 Å². The van der Waals surface area contributed by atoms with Crippen LogP contribution in [0.25, 0.3) is 0 Å². The topological polar surface area (TPSA) is 12.0 Å². The first-order chi connectivity index (χ1) is 7.24. The Morgan fingerprint density at radius 2 is 2.07 bits per heavy atom. The summed E-state index contributed by atoms with van der Waals surface area (Å²) in [5.41, 5.74) is 2.79. The second-order valence-corrected chi connectivity index (χ2v) is 3.84. The third-order valence-corrected chi connectivity index (χ3v) is 2.50. The molecule has 0 amide bonds. The highest BCUT2D eigenvalue weighted by atomic mass is 14.9. The standard InChI is InChI=1S/C14H19N/c1-4-5-10-15-13(3)11-14-9-7-6-8-12(14)2/h6-9,13,15H,10-11H2,1-3H3. The Morgan fingerprint density at radius 3 is 2.73 bits per heavy atom. The zero-order chi connectivity index (χ0) is 11.1. The van der Waals surface area contributed by atoms with Gasteiger partial charge >= 0.3 is 0 Å². The predicted molar refractivity (Wildman–Crippen MR) is 65.8 cm³/mol. The molecular weight excluding hydrogens is 182 g/mol. The zero-order valence-corrected chi connectivity index (χ0v) is 9.80. The van der Waals surface area contributed by atoms with E-state index in [2.05, 4.69) is 55.3 Å². The van der Waals surface area contributed by atoms with Gasteiger partial charge in [-0.2, -0.15) is 0 Å². The van der Waals surface area contributed by atoms with E-state index in [9.17, 15) is 0 Å². The van der Waals surface area contributed by atoms with Crippen molar-refractivity contribution in [3.8, 4) is 11.8 Å². The van der Waals surface area contributed by atoms with Crippen molar-refractivity contribution in [2.24, 2.45) is 0 Å². The highest BCUT2D eigenvalue weighted by Crippen LogP contribution is 2.09. The van der Waals surface area contributed by atoms with E-state index >= 15 is 0 Å². The molecule has 15 heavy (non-hydrogen) atoms. The molecule has 1 nitrogen and oxygen atoms in total. The second-order valence-electron chi connectivity index (χ2n) is 3.84. The Balaban J connectivity index is 2.46. The van der Waals surface area contributed by atoms with E-state index in [0.29, 0.717) is 6.04 Å². The van der Waals surface area contributed by atoms with Crippen molar-refractivity contribution in [1.29, 1.82) is 0 Å². The molecule has 0 aromatic heterocycles. The number of nitrogens with one attached hydrogen (secondary N) is 1. The van der Waals surface area contributed by atoms with Gasteiger partial charge in [0.1, 0.15) is 0 Å². The van der Waals surface area contributed by atoms with Gasteiger partial charge in [0.25, 0.3) is 0 Å². The molecular formula is C14H19N. The molecule has 0 saturated carbocycles. The summed E-state index contributed by atoms with van der Waals surface area (Å²) < 4.78 is 0. The molecule has 0 fully saturated rings. The van der Waals surface area contributed by atoms with Crippen molar-refractivity contribution in [1.82, 2.24) is 5.32 Å². The summed E-state index contributed by atoms with van der Waals surface area (Å²) in [5.74, 6) is 5.90. The monoisotopic (exact) mass is 201 g/mol. The molecule has 1 aromatic carbocycles. The molecule has 1 N–H and O–H groups in total. The van der Waals surface area contributed by atoms with Gasteiger partial charge in [-0.25, -0.2) is 0 Å². The van der Waals surface area contributed by atoms with E-state index in [0.717, 1.165) is 13.0 Å². The summed E-state index contributed by atoms with van der Waals surface area (Å²) in [6.07, 6.45) is 1.07. The summed E-state index contributed by atoms with van der Waals surface area (Å²) in [4.78, 5) is 0. The molecule has 0 aliphatic heterocycles. The summed E-state index contributed by atoms with van der Waals surface area (Å²) >= 11 is 0. The second kappa shape index (κ2) is 6.27. The van der Waals surface area contributed by atoms with E-state index in [1.54, 1.807) is 0 Å². The molecule has 1 aromatic rings. The molecule has 0 saturated heterocycles. The van der Waals surface area contributed by atoms with Gasteiger partial charge in [0.15, 0.2) is 0 Å². The van der Waals surface area contributed by atoms with Gasteiger partial charge in [0.05, 0.1) is 6.54 Å². The first kappa shape index (κ1) is 11.8. The minimum Gasteiger partial charge on any atom is -0.303 e. The highest BCUT2D eigenvalue weighted by molar-refractivity contribution is 5.26. The molecule has 80 valence electrons. The maximum Gasteiger partial charge on any atom is 0.0578 e. The zero-order valence-electron chi connectivity index (χ0n) is 9.80. The summed E-state index contributed by atoms with van der Waals surface area (Å²) in [6.45, 7) is 7.01. The van der Waals surface area contributed by atoms with Crippen molar-refractivity contribution in [3.05, 3.63) is 35.4 Å². The average molecular weight is 201 g/mol. The molecule has 1 heteroatoms. The third-order valence-electron chi connectivity index (χ3n) is 2.50. The normalized spacial score (nSPS) is 11.7. The van der Waals surface area contributed by atoms with Crippen LogP contribution in [0.5, 0.6) is 0 Å². The SMILES string of the molecule is CC#CCNC(C)Cc1ccccc1C. The van der Waals surface area contributed by atoms with Crippen LogP contribution in [-0.2, 0) is 6.42 Å². The number of rotatable bonds is 4. The van der Waals surface area contributed by atoms with Crippen molar-refractivity contribution < 1.29 is 0 Å². The van der Waals surface area contributed by atoms with Crippen LogP contribution in [0.15, 0.2) is 24.3 Å². The minimum absolute atomic E-state index is 0.479. The van der Waals surface area contributed by atoms with Gasteiger partial charge in [-0.05, 0) is 38.3 Å². The fourth-order valence-electron chi connectivity index (χ4n) is 1.55. The number of hydrogen-bond acceptors (Lipinski definition) is 1. The lowest BCUT2D eigenvalue weighted by Gasteiger charge is -2.13. The van der Waals surface area contributed by atoms with E-state index in [1.807, 2.05) is 6.92 Å². The summed E-state index contributed by atoms with van der Waals surface area (Å²) in [7, 11) is 0. The number of aryl methyl sites for hydroxylation is 1. The van der Waals surface area contributed by atoms with E-state index in [-0.39, 0.29) is 0 Å². The quantitative estimate of drug-likeness (QED) is 0.738. The molecule has 1 rings (SSSR count). The summed E-state index contributed by atoms with van der Waals surface area (Å²) in [5, 5.41) is 3.39. The molecule has 0 aliphatic rings. The molecule has 1 atom stereocenters. The fraction of sp³-hybridized carbons (Fsp3) is 0.429. The molecule has 0 aliphatic carbocycles. The van der Waals surface area contributed by atoms with Crippen LogP contribution in [-0.4, -0.2) is 12.6 Å². The largest absolute Gasteiger partial charge is 0.303 e. The van der Waals surface area contributed by atoms with Crippen LogP contribution in [0.2, 0.25) is 0 Å². The van der Waals surface area contributed by atoms with Crippen molar-refractivity contribution in [2.45, 2.75) is 33.2 Å². The molecule has 0 bridgehead atoms. The van der Waals surface area contributed by atoms with Gasteiger partial charge in [-0.1, -0.05) is 30.2 Å². The molecule has 1 unspecified atom stereocenters. The Hall–Kier alpha value is -1.26. The minimum atomic E-state index is 0.479. The lowest BCUT2D eigenvalue weighted by Crippen LogP contribution is -2.28. The lowest BCUT2D eigenvalue weighted by atomic mass is 10.0. The molecule has 0 radical (unpaired) electrons. The van der Waals surface area contributed by atoms with Crippen LogP contribution in [0, 0.1) is 18.8 Å². The summed E-state index contributed by atoms with van der Waals surface area (Å²) in [6, 6.07) is 9.01. The van der Waals surface area contributed by atoms with Crippen LogP contribution in [0.4, 0.5) is 0 Å². The predicted octanol–water partition coefficient (Wildman–Crippen LogP) is 2.54. The first-order valence-electron chi connectivity index (χ1n) is 5.41. The lowest BCUT2D eigenvalue weighted by molar-refractivity contribution is 0.584. The van der Waals surface area contributed by atoms with E-state index in [1.165, 1.54) is 11.1 Å². The Morgan fingerprint density at radius 1 is 1.33 bits per heavy atom. The number of benzene rings is 1. The van der Waals surface area contributed by atoms with Crippen molar-refractivity contribution in [2.75, 3.05) is 6.54 Å². The highest BCUT2D eigenvalue weighted by Gasteiger charge is 2.03. The van der Waals surface area contributed by atoms with Crippen LogP contribution in [0.1, 0.15) is 25.0 Å². The Kier molecular flexibility index (Phi) is 4.93. The maximum atomic E-state index is 3.39. The number of hydrogen-bond donors (Lipinski definition) is 1. The molecule has 0 heterocycles. The van der Waals surface area contributed by atoms with E-state index in [4.69, 9.17) is 0 Å². The van der Waals surface area contributed by atoms with Gasteiger partial charge in [0, 0.05) is 6.04 Å². The fourth-order valence-corrected chi connectivity index (χ4v) is 1.55. The maximum absolute atomic E-state index is 3.39. The smallest absolute Gasteiger partial charge is 0.0578 e. The third kappa shape index (κ3) is 4.18. The van der Waals surface area contributed by atoms with Crippen LogP contribution in [0.3, 0.4) is 0 Å². The average Bonchev–Trinajstić information content (AvgIpc) is 2.22. The van der Waals surface area contributed by atoms with Gasteiger partial charge < -0.3 is 5.32 Å². The van der Waals surface area contributed by atoms with Crippen LogP contribution < -0.4 is 5.32 Å². The van der Waals surface area contributed by atoms with E-state index < -0.39 is 0 Å².